The van der Waals surface area contributed by atoms with Gasteiger partial charge >= 0.3 is 0 Å². The molecule has 23 heavy (non-hydrogen) atoms. The molecular formula is C16H12ClN3O3. The first-order valence-electron chi connectivity index (χ1n) is 6.83. The molecule has 1 heterocycles. The molecule has 0 atom stereocenters. The molecule has 6 nitrogen and oxygen atoms in total. The smallest absolute Gasteiger partial charge is 0.268 e. The number of hydrogen-bond acceptors (Lipinski definition) is 4. The molecule has 0 bridgehead atoms. The van der Waals surface area contributed by atoms with Gasteiger partial charge in [0.2, 0.25) is 0 Å². The second-order valence-electron chi connectivity index (χ2n) is 5.16. The summed E-state index contributed by atoms with van der Waals surface area (Å²) in [6, 6.07) is 9.83. The van der Waals surface area contributed by atoms with Crippen molar-refractivity contribution in [1.82, 2.24) is 9.55 Å². The number of nitrogens with zero attached hydrogens (tertiary/aromatic N) is 3. The minimum absolute atomic E-state index is 0.0185. The average molecular weight is 330 g/mol. The molecule has 7 heteroatoms. The maximum atomic E-state index is 12.8. The lowest BCUT2D eigenvalue weighted by Gasteiger charge is -2.13. The van der Waals surface area contributed by atoms with Gasteiger partial charge in [0.05, 0.1) is 21.5 Å². The number of halogens is 1. The number of nitro benzene ring substituents is 1. The van der Waals surface area contributed by atoms with Crippen molar-refractivity contribution in [3.8, 4) is 5.69 Å². The van der Waals surface area contributed by atoms with Gasteiger partial charge in [-0.15, -0.1) is 0 Å². The summed E-state index contributed by atoms with van der Waals surface area (Å²) in [6.45, 7) is 3.41. The van der Waals surface area contributed by atoms with Crippen molar-refractivity contribution in [2.45, 2.75) is 13.8 Å². The number of nitro groups is 1. The van der Waals surface area contributed by atoms with Gasteiger partial charge in [-0.2, -0.15) is 0 Å². The first-order valence-corrected chi connectivity index (χ1v) is 7.21. The Morgan fingerprint density at radius 2 is 1.91 bits per heavy atom. The molecule has 0 unspecified atom stereocenters. The minimum Gasteiger partial charge on any atom is -0.268 e. The van der Waals surface area contributed by atoms with Crippen LogP contribution in [-0.4, -0.2) is 14.5 Å². The van der Waals surface area contributed by atoms with E-state index in [4.69, 9.17) is 11.6 Å². The highest BCUT2D eigenvalue weighted by Gasteiger charge is 2.18. The standard InChI is InChI=1S/C16H12ClN3O3/c1-9-7-15(20(22)23)12(17)8-14(9)19-10(2)18-13-6-4-3-5-11(13)16(19)21/h3-8H,1-2H3. The van der Waals surface area contributed by atoms with Gasteiger partial charge in [0.1, 0.15) is 10.8 Å². The van der Waals surface area contributed by atoms with E-state index in [9.17, 15) is 14.9 Å². The van der Waals surface area contributed by atoms with Crippen LogP contribution in [0, 0.1) is 24.0 Å². The summed E-state index contributed by atoms with van der Waals surface area (Å²) in [4.78, 5) is 27.6. The lowest BCUT2D eigenvalue weighted by Crippen LogP contribution is -2.23. The highest BCUT2D eigenvalue weighted by molar-refractivity contribution is 6.32. The topological polar surface area (TPSA) is 78.0 Å². The lowest BCUT2D eigenvalue weighted by atomic mass is 10.1. The molecule has 0 aliphatic heterocycles. The quantitative estimate of drug-likeness (QED) is 0.532. The van der Waals surface area contributed by atoms with Crippen LogP contribution in [-0.2, 0) is 0 Å². The van der Waals surface area contributed by atoms with Crippen LogP contribution in [0.4, 0.5) is 5.69 Å². The second-order valence-corrected chi connectivity index (χ2v) is 5.57. The Balaban J connectivity index is 2.36. The normalized spacial score (nSPS) is 10.9. The predicted molar refractivity (Wildman–Crippen MR) is 88.5 cm³/mol. The van der Waals surface area contributed by atoms with E-state index >= 15 is 0 Å². The number of para-hydroxylation sites is 1. The summed E-state index contributed by atoms with van der Waals surface area (Å²) in [5, 5.41) is 11.4. The first-order chi connectivity index (χ1) is 10.9. The molecule has 2 aromatic carbocycles. The van der Waals surface area contributed by atoms with Crippen molar-refractivity contribution in [2.75, 3.05) is 0 Å². The molecule has 1 aromatic heterocycles. The van der Waals surface area contributed by atoms with Crippen molar-refractivity contribution >= 4 is 28.2 Å². The number of hydrogen-bond donors (Lipinski definition) is 0. The Bertz CT molecular complexity index is 1010. The Morgan fingerprint density at radius 3 is 2.61 bits per heavy atom. The van der Waals surface area contributed by atoms with Gasteiger partial charge in [-0.3, -0.25) is 19.5 Å². The van der Waals surface area contributed by atoms with Gasteiger partial charge in [-0.05, 0) is 37.6 Å². The van der Waals surface area contributed by atoms with Crippen LogP contribution in [0.5, 0.6) is 0 Å². The molecule has 0 amide bonds. The van der Waals surface area contributed by atoms with E-state index in [-0.39, 0.29) is 16.3 Å². The van der Waals surface area contributed by atoms with Crippen molar-refractivity contribution in [1.29, 1.82) is 0 Å². The Hall–Kier alpha value is -2.73. The van der Waals surface area contributed by atoms with E-state index in [0.29, 0.717) is 28.0 Å². The fourth-order valence-electron chi connectivity index (χ4n) is 2.56. The van der Waals surface area contributed by atoms with Gasteiger partial charge in [0.15, 0.2) is 0 Å². The van der Waals surface area contributed by atoms with E-state index < -0.39 is 4.92 Å². The fourth-order valence-corrected chi connectivity index (χ4v) is 2.79. The summed E-state index contributed by atoms with van der Waals surface area (Å²) in [5.74, 6) is 0.488. The molecular weight excluding hydrogens is 318 g/mol. The van der Waals surface area contributed by atoms with Crippen LogP contribution in [0.15, 0.2) is 41.2 Å². The van der Waals surface area contributed by atoms with Crippen LogP contribution >= 0.6 is 11.6 Å². The van der Waals surface area contributed by atoms with Gasteiger partial charge in [0, 0.05) is 6.07 Å². The van der Waals surface area contributed by atoms with E-state index in [0.717, 1.165) is 0 Å². The number of aryl methyl sites for hydroxylation is 2. The van der Waals surface area contributed by atoms with Gasteiger partial charge in [0.25, 0.3) is 11.2 Å². The highest BCUT2D eigenvalue weighted by atomic mass is 35.5. The molecule has 0 aliphatic rings. The highest BCUT2D eigenvalue weighted by Crippen LogP contribution is 2.29. The molecule has 0 N–H and O–H groups in total. The summed E-state index contributed by atoms with van der Waals surface area (Å²) in [7, 11) is 0. The average Bonchev–Trinajstić information content (AvgIpc) is 2.50. The van der Waals surface area contributed by atoms with Crippen LogP contribution in [0.1, 0.15) is 11.4 Å². The minimum atomic E-state index is -0.548. The van der Waals surface area contributed by atoms with Crippen molar-refractivity contribution in [3.63, 3.8) is 0 Å². The number of rotatable bonds is 2. The van der Waals surface area contributed by atoms with E-state index in [1.807, 2.05) is 6.07 Å². The first kappa shape index (κ1) is 15.2. The predicted octanol–water partition coefficient (Wildman–Crippen LogP) is 3.56. The van der Waals surface area contributed by atoms with Gasteiger partial charge < -0.3 is 0 Å². The maximum Gasteiger partial charge on any atom is 0.288 e. The molecule has 3 rings (SSSR count). The van der Waals surface area contributed by atoms with Crippen molar-refractivity contribution < 1.29 is 4.92 Å². The molecule has 116 valence electrons. The molecule has 0 radical (unpaired) electrons. The van der Waals surface area contributed by atoms with Crippen molar-refractivity contribution in [3.05, 3.63) is 73.3 Å². The zero-order valence-electron chi connectivity index (χ0n) is 12.4. The summed E-state index contributed by atoms with van der Waals surface area (Å²) in [6.07, 6.45) is 0. The van der Waals surface area contributed by atoms with Gasteiger partial charge in [-0.25, -0.2) is 4.98 Å². The SMILES string of the molecule is Cc1cc([N+](=O)[O-])c(Cl)cc1-n1c(C)nc2ccccc2c1=O. The Labute approximate surface area is 136 Å². The third kappa shape index (κ3) is 2.47. The molecule has 3 aromatic rings. The number of benzene rings is 2. The van der Waals surface area contributed by atoms with Crippen LogP contribution in [0.25, 0.3) is 16.6 Å². The number of fused-ring (bicyclic) bond motifs is 1. The zero-order valence-corrected chi connectivity index (χ0v) is 13.2. The third-order valence-electron chi connectivity index (χ3n) is 3.65. The summed E-state index contributed by atoms with van der Waals surface area (Å²) in [5.41, 5.74) is 1.25. The van der Waals surface area contributed by atoms with E-state index in [1.165, 1.54) is 16.7 Å². The Kier molecular flexibility index (Phi) is 3.61. The molecule has 0 saturated carbocycles. The largest absolute Gasteiger partial charge is 0.288 e. The summed E-state index contributed by atoms with van der Waals surface area (Å²) < 4.78 is 1.42. The molecule has 0 saturated heterocycles. The van der Waals surface area contributed by atoms with Crippen LogP contribution in [0.3, 0.4) is 0 Å². The molecule has 0 aliphatic carbocycles. The molecule has 0 spiro atoms. The van der Waals surface area contributed by atoms with Crippen LogP contribution in [0.2, 0.25) is 5.02 Å². The zero-order chi connectivity index (χ0) is 16.7. The number of aromatic nitrogens is 2. The van der Waals surface area contributed by atoms with Gasteiger partial charge in [-0.1, -0.05) is 23.7 Å². The fraction of sp³-hybridized carbons (Fsp3) is 0.125. The second kappa shape index (κ2) is 5.48. The lowest BCUT2D eigenvalue weighted by molar-refractivity contribution is -0.384. The monoisotopic (exact) mass is 329 g/mol. The van der Waals surface area contributed by atoms with E-state index in [1.54, 1.807) is 32.0 Å². The summed E-state index contributed by atoms with van der Waals surface area (Å²) >= 11 is 5.99. The Morgan fingerprint density at radius 1 is 1.22 bits per heavy atom. The van der Waals surface area contributed by atoms with Crippen molar-refractivity contribution in [2.24, 2.45) is 0 Å². The van der Waals surface area contributed by atoms with E-state index in [2.05, 4.69) is 4.98 Å². The maximum absolute atomic E-state index is 12.8. The third-order valence-corrected chi connectivity index (χ3v) is 3.95. The van der Waals surface area contributed by atoms with Crippen LogP contribution < -0.4 is 5.56 Å². The molecule has 0 fully saturated rings.